The molecule has 0 saturated carbocycles. The number of carbonyl (C=O) groups is 1. The van der Waals surface area contributed by atoms with E-state index in [2.05, 4.69) is 34.8 Å². The van der Waals surface area contributed by atoms with Gasteiger partial charge in [0.1, 0.15) is 0 Å². The van der Waals surface area contributed by atoms with Gasteiger partial charge in [0, 0.05) is 5.02 Å². The molecule has 27 heavy (non-hydrogen) atoms. The van der Waals surface area contributed by atoms with Gasteiger partial charge in [-0.25, -0.2) is 4.68 Å². The quantitative estimate of drug-likeness (QED) is 0.757. The van der Waals surface area contributed by atoms with Crippen LogP contribution >= 0.6 is 24.0 Å². The van der Waals surface area contributed by atoms with Crippen molar-refractivity contribution < 1.29 is 4.79 Å². The van der Waals surface area contributed by atoms with E-state index in [9.17, 15) is 4.79 Å². The molecule has 1 aliphatic rings. The van der Waals surface area contributed by atoms with Crippen LogP contribution in [0.4, 0.5) is 0 Å². The SMILES string of the molecule is CC(C)CC(NC(=O)c1cn(C2CCNCC2)nn1)c1ccc(Cl)cc1.Cl. The molecule has 0 radical (unpaired) electrons. The number of aromatic nitrogens is 3. The number of amides is 1. The fourth-order valence-electron chi connectivity index (χ4n) is 3.31. The number of benzene rings is 1. The van der Waals surface area contributed by atoms with Gasteiger partial charge >= 0.3 is 0 Å². The summed E-state index contributed by atoms with van der Waals surface area (Å²) in [5.74, 6) is 0.257. The van der Waals surface area contributed by atoms with E-state index in [0.717, 1.165) is 37.9 Å². The molecule has 1 aromatic heterocycles. The van der Waals surface area contributed by atoms with Crippen LogP contribution in [0.5, 0.6) is 0 Å². The van der Waals surface area contributed by atoms with Gasteiger partial charge in [-0.1, -0.05) is 42.8 Å². The van der Waals surface area contributed by atoms with Crippen molar-refractivity contribution in [2.75, 3.05) is 13.1 Å². The Hall–Kier alpha value is -1.63. The van der Waals surface area contributed by atoms with E-state index in [1.54, 1.807) is 6.20 Å². The monoisotopic (exact) mass is 411 g/mol. The van der Waals surface area contributed by atoms with Gasteiger partial charge in [-0.2, -0.15) is 0 Å². The normalized spacial score (nSPS) is 16.0. The van der Waals surface area contributed by atoms with Crippen LogP contribution < -0.4 is 10.6 Å². The van der Waals surface area contributed by atoms with E-state index in [-0.39, 0.29) is 24.4 Å². The Labute approximate surface area is 171 Å². The summed E-state index contributed by atoms with van der Waals surface area (Å²) < 4.78 is 1.83. The summed E-state index contributed by atoms with van der Waals surface area (Å²) in [5, 5.41) is 15.4. The van der Waals surface area contributed by atoms with Crippen molar-refractivity contribution >= 4 is 29.9 Å². The highest BCUT2D eigenvalue weighted by molar-refractivity contribution is 6.30. The molecule has 1 amide bonds. The van der Waals surface area contributed by atoms with Gasteiger partial charge in [-0.3, -0.25) is 4.79 Å². The van der Waals surface area contributed by atoms with Crippen LogP contribution in [-0.2, 0) is 0 Å². The highest BCUT2D eigenvalue weighted by atomic mass is 35.5. The van der Waals surface area contributed by atoms with Crippen LogP contribution in [0.25, 0.3) is 0 Å². The molecule has 2 heterocycles. The number of halogens is 2. The standard InChI is InChI=1S/C19H26ClN5O.ClH/c1-13(2)11-17(14-3-5-15(20)6-4-14)22-19(26)18-12-25(24-23-18)16-7-9-21-10-8-16;/h3-6,12-13,16-17,21H,7-11H2,1-2H3,(H,22,26);1H. The summed E-state index contributed by atoms with van der Waals surface area (Å²) in [6.07, 6.45) is 4.62. The average Bonchev–Trinajstić information content (AvgIpc) is 3.12. The van der Waals surface area contributed by atoms with Gasteiger partial charge in [-0.05, 0) is 56.0 Å². The van der Waals surface area contributed by atoms with Crippen LogP contribution in [-0.4, -0.2) is 34.0 Å². The Bertz CT molecular complexity index is 726. The van der Waals surface area contributed by atoms with Gasteiger partial charge in [0.05, 0.1) is 18.3 Å². The van der Waals surface area contributed by atoms with Crippen LogP contribution in [0.15, 0.2) is 30.5 Å². The molecule has 2 aromatic rings. The predicted molar refractivity (Wildman–Crippen MR) is 110 cm³/mol. The van der Waals surface area contributed by atoms with Crippen molar-refractivity contribution in [2.45, 2.75) is 45.2 Å². The fourth-order valence-corrected chi connectivity index (χ4v) is 3.43. The minimum Gasteiger partial charge on any atom is -0.344 e. The van der Waals surface area contributed by atoms with Gasteiger partial charge < -0.3 is 10.6 Å². The van der Waals surface area contributed by atoms with E-state index < -0.39 is 0 Å². The molecule has 1 aliphatic heterocycles. The third-order valence-corrected chi connectivity index (χ3v) is 4.96. The van der Waals surface area contributed by atoms with Gasteiger partial charge in [-0.15, -0.1) is 17.5 Å². The van der Waals surface area contributed by atoms with Gasteiger partial charge in [0.15, 0.2) is 5.69 Å². The summed E-state index contributed by atoms with van der Waals surface area (Å²) >= 11 is 5.99. The van der Waals surface area contributed by atoms with E-state index >= 15 is 0 Å². The molecule has 0 bridgehead atoms. The number of hydrogen-bond donors (Lipinski definition) is 2. The second-order valence-electron chi connectivity index (χ2n) is 7.27. The van der Waals surface area contributed by atoms with Crippen molar-refractivity contribution in [3.8, 4) is 0 Å². The molecule has 1 saturated heterocycles. The highest BCUT2D eigenvalue weighted by Crippen LogP contribution is 2.23. The molecule has 3 rings (SSSR count). The van der Waals surface area contributed by atoms with Crippen LogP contribution in [0, 0.1) is 5.92 Å². The van der Waals surface area contributed by atoms with Crippen LogP contribution in [0.3, 0.4) is 0 Å². The maximum absolute atomic E-state index is 12.7. The number of piperidine rings is 1. The number of hydrogen-bond acceptors (Lipinski definition) is 4. The van der Waals surface area contributed by atoms with E-state index in [1.165, 1.54) is 0 Å². The van der Waals surface area contributed by atoms with Crippen molar-refractivity contribution in [2.24, 2.45) is 5.92 Å². The van der Waals surface area contributed by atoms with E-state index in [0.29, 0.717) is 22.7 Å². The molecule has 1 fully saturated rings. The summed E-state index contributed by atoms with van der Waals surface area (Å²) in [5.41, 5.74) is 1.41. The second kappa shape index (κ2) is 10.1. The Morgan fingerprint density at radius 2 is 1.96 bits per heavy atom. The molecule has 0 spiro atoms. The van der Waals surface area contributed by atoms with Crippen molar-refractivity contribution in [3.63, 3.8) is 0 Å². The molecular formula is C19H27Cl2N5O. The molecule has 2 N–H and O–H groups in total. The smallest absolute Gasteiger partial charge is 0.273 e. The lowest BCUT2D eigenvalue weighted by Gasteiger charge is -2.22. The molecular weight excluding hydrogens is 385 g/mol. The molecule has 1 aromatic carbocycles. The number of carbonyl (C=O) groups excluding carboxylic acids is 1. The first kappa shape index (κ1) is 21.7. The minimum atomic E-state index is -0.189. The first-order valence-corrected chi connectivity index (χ1v) is 9.59. The lowest BCUT2D eigenvalue weighted by Crippen LogP contribution is -2.30. The molecule has 0 aliphatic carbocycles. The first-order chi connectivity index (χ1) is 12.5. The lowest BCUT2D eigenvalue weighted by molar-refractivity contribution is 0.0926. The molecule has 1 atom stereocenters. The zero-order valence-corrected chi connectivity index (χ0v) is 17.3. The van der Waals surface area contributed by atoms with E-state index in [4.69, 9.17) is 11.6 Å². The average molecular weight is 412 g/mol. The van der Waals surface area contributed by atoms with Crippen LogP contribution in [0.2, 0.25) is 5.02 Å². The van der Waals surface area contributed by atoms with Gasteiger partial charge in [0.2, 0.25) is 0 Å². The zero-order valence-electron chi connectivity index (χ0n) is 15.7. The summed E-state index contributed by atoms with van der Waals surface area (Å²) in [6.45, 7) is 6.23. The Balaban J connectivity index is 0.00000261. The second-order valence-corrected chi connectivity index (χ2v) is 7.71. The summed E-state index contributed by atoms with van der Waals surface area (Å²) in [6, 6.07) is 7.85. The number of nitrogens with one attached hydrogen (secondary N) is 2. The molecule has 6 nitrogen and oxygen atoms in total. The van der Waals surface area contributed by atoms with E-state index in [1.807, 2.05) is 28.9 Å². The Kier molecular flexibility index (Phi) is 8.07. The fraction of sp³-hybridized carbons (Fsp3) is 0.526. The number of nitrogens with zero attached hydrogens (tertiary/aromatic N) is 3. The Morgan fingerprint density at radius 3 is 2.59 bits per heavy atom. The molecule has 8 heteroatoms. The minimum absolute atomic E-state index is 0. The third kappa shape index (κ3) is 5.92. The third-order valence-electron chi connectivity index (χ3n) is 4.71. The van der Waals surface area contributed by atoms with Crippen molar-refractivity contribution in [1.29, 1.82) is 0 Å². The molecule has 148 valence electrons. The number of rotatable bonds is 6. The maximum atomic E-state index is 12.7. The summed E-state index contributed by atoms with van der Waals surface area (Å²) in [4.78, 5) is 12.7. The first-order valence-electron chi connectivity index (χ1n) is 9.22. The largest absolute Gasteiger partial charge is 0.344 e. The maximum Gasteiger partial charge on any atom is 0.273 e. The van der Waals surface area contributed by atoms with Crippen molar-refractivity contribution in [1.82, 2.24) is 25.6 Å². The molecule has 1 unspecified atom stereocenters. The zero-order chi connectivity index (χ0) is 18.5. The highest BCUT2D eigenvalue weighted by Gasteiger charge is 2.21. The van der Waals surface area contributed by atoms with Crippen molar-refractivity contribution in [3.05, 3.63) is 46.7 Å². The topological polar surface area (TPSA) is 71.8 Å². The van der Waals surface area contributed by atoms with Gasteiger partial charge in [0.25, 0.3) is 5.91 Å². The predicted octanol–water partition coefficient (Wildman–Crippen LogP) is 3.80. The van der Waals surface area contributed by atoms with Crippen LogP contribution in [0.1, 0.15) is 61.2 Å². The lowest BCUT2D eigenvalue weighted by atomic mass is 9.97. The Morgan fingerprint density at radius 1 is 1.30 bits per heavy atom. The summed E-state index contributed by atoms with van der Waals surface area (Å²) in [7, 11) is 0.